The Hall–Kier alpha value is -0.920. The van der Waals surface area contributed by atoms with Gasteiger partial charge in [-0.1, -0.05) is 0 Å². The second-order valence-corrected chi connectivity index (χ2v) is 10.9. The Bertz CT molecular complexity index is 682. The lowest BCUT2D eigenvalue weighted by Crippen LogP contribution is -2.62. The number of hydrogen-bond acceptors (Lipinski definition) is 11. The van der Waals surface area contributed by atoms with Crippen molar-refractivity contribution in [1.29, 1.82) is 0 Å². The largest absolute Gasteiger partial charge is 0.394 e. The molecule has 0 aromatic carbocycles. The number of ether oxygens (including phenoxy) is 1. The zero-order valence-electron chi connectivity index (χ0n) is 19.6. The minimum atomic E-state index is -0.640. The summed E-state index contributed by atoms with van der Waals surface area (Å²) < 4.78 is 14.5. The molecular formula is C20H39N5O5S. The summed E-state index contributed by atoms with van der Waals surface area (Å²) in [6, 6.07) is -0.0656. The van der Waals surface area contributed by atoms with Gasteiger partial charge in [0.2, 0.25) is 0 Å². The summed E-state index contributed by atoms with van der Waals surface area (Å²) in [5.41, 5.74) is -1.04. The molecule has 0 bridgehead atoms. The molecule has 31 heavy (non-hydrogen) atoms. The topological polar surface area (TPSA) is 134 Å². The number of aromatic nitrogens is 2. The van der Waals surface area contributed by atoms with Crippen molar-refractivity contribution in [1.82, 2.24) is 19.1 Å². The van der Waals surface area contributed by atoms with E-state index >= 15 is 0 Å². The van der Waals surface area contributed by atoms with Gasteiger partial charge in [0, 0.05) is 18.6 Å². The number of nitrogens with zero attached hydrogens (tertiary/aromatic N) is 4. The Kier molecular flexibility index (Phi) is 8.43. The molecular weight excluding hydrogens is 422 g/mol. The van der Waals surface area contributed by atoms with E-state index in [1.807, 2.05) is 48.5 Å². The van der Waals surface area contributed by atoms with E-state index in [2.05, 4.69) is 19.0 Å². The number of hydrogen-bond donors (Lipinski definition) is 5. The Balaban J connectivity index is 0.000000291. The second-order valence-electron chi connectivity index (χ2n) is 10.3. The molecule has 0 aliphatic carbocycles. The Morgan fingerprint density at radius 1 is 1.26 bits per heavy atom. The monoisotopic (exact) mass is 461 g/mol. The number of nitrogens with one attached hydrogen (secondary N) is 1. The first kappa shape index (κ1) is 26.3. The van der Waals surface area contributed by atoms with E-state index < -0.39 is 17.2 Å². The third kappa shape index (κ3) is 5.91. The average molecular weight is 462 g/mol. The van der Waals surface area contributed by atoms with Crippen molar-refractivity contribution in [3.63, 3.8) is 0 Å². The van der Waals surface area contributed by atoms with E-state index in [1.54, 1.807) is 6.20 Å². The van der Waals surface area contributed by atoms with Crippen molar-refractivity contribution in [2.75, 3.05) is 31.2 Å². The molecule has 2 aliphatic rings. The normalized spacial score (nSPS) is 28.6. The standard InChI is InChI=1S/C13H22N4O3S.C7H17NO2/c1-12(2)10-11(13(3,4)17(12)19)20-8(7-18)6-16(10)9-5-14-21-15-9;1-7(2,3)8-4-6(10)5-9/h5,8,10-11,18-19H,6-7H2,1-4H3;6,8-10H,4-5H2,1-3H3. The first-order chi connectivity index (χ1) is 14.3. The maximum absolute atomic E-state index is 10.6. The van der Waals surface area contributed by atoms with Gasteiger partial charge >= 0.3 is 0 Å². The van der Waals surface area contributed by atoms with Gasteiger partial charge in [-0.2, -0.15) is 13.8 Å². The maximum Gasteiger partial charge on any atom is 0.163 e. The Morgan fingerprint density at radius 2 is 1.90 bits per heavy atom. The van der Waals surface area contributed by atoms with Crippen LogP contribution in [0.15, 0.2) is 6.20 Å². The molecule has 4 unspecified atom stereocenters. The quantitative estimate of drug-likeness (QED) is 0.421. The lowest BCUT2D eigenvalue weighted by Gasteiger charge is -2.46. The van der Waals surface area contributed by atoms with Crippen LogP contribution in [-0.2, 0) is 4.74 Å². The van der Waals surface area contributed by atoms with Crippen LogP contribution in [0.25, 0.3) is 0 Å². The SMILES string of the molecule is CC(C)(C)NCC(O)CO.CC1(C)C2OC(CO)CN(c3cnsn3)C2C(C)(C)N1O. The average Bonchev–Trinajstić information content (AvgIpc) is 3.28. The van der Waals surface area contributed by atoms with Crippen LogP contribution in [0.2, 0.25) is 0 Å². The van der Waals surface area contributed by atoms with Gasteiger partial charge in [0.1, 0.15) is 6.10 Å². The Labute approximate surface area is 189 Å². The molecule has 5 N–H and O–H groups in total. The highest BCUT2D eigenvalue weighted by molar-refractivity contribution is 6.99. The van der Waals surface area contributed by atoms with Gasteiger partial charge < -0.3 is 35.5 Å². The molecule has 1 aromatic rings. The van der Waals surface area contributed by atoms with Gasteiger partial charge in [-0.3, -0.25) is 0 Å². The third-order valence-electron chi connectivity index (χ3n) is 5.80. The van der Waals surface area contributed by atoms with Crippen LogP contribution in [-0.4, -0.2) is 102 Å². The number of fused-ring (bicyclic) bond motifs is 1. The summed E-state index contributed by atoms with van der Waals surface area (Å²) in [4.78, 5) is 2.11. The molecule has 2 fully saturated rings. The first-order valence-electron chi connectivity index (χ1n) is 10.6. The minimum absolute atomic E-state index is 0.0101. The van der Waals surface area contributed by atoms with Crippen LogP contribution in [0.5, 0.6) is 0 Å². The second kappa shape index (κ2) is 9.92. The third-order valence-corrected chi connectivity index (χ3v) is 6.27. The van der Waals surface area contributed by atoms with Gasteiger partial charge in [-0.05, 0) is 48.5 Å². The molecule has 0 saturated carbocycles. The highest BCUT2D eigenvalue weighted by Crippen LogP contribution is 2.46. The van der Waals surface area contributed by atoms with Crippen molar-refractivity contribution in [2.45, 2.75) is 89.4 Å². The summed E-state index contributed by atoms with van der Waals surface area (Å²) >= 11 is 1.16. The maximum atomic E-state index is 10.6. The van der Waals surface area contributed by atoms with Crippen LogP contribution in [0.4, 0.5) is 5.82 Å². The van der Waals surface area contributed by atoms with E-state index in [-0.39, 0.29) is 37.0 Å². The van der Waals surface area contributed by atoms with Crippen LogP contribution in [0, 0.1) is 0 Å². The van der Waals surface area contributed by atoms with Crippen molar-refractivity contribution in [3.05, 3.63) is 6.20 Å². The highest BCUT2D eigenvalue weighted by atomic mass is 32.1. The van der Waals surface area contributed by atoms with Crippen molar-refractivity contribution >= 4 is 17.5 Å². The van der Waals surface area contributed by atoms with E-state index in [1.165, 1.54) is 5.06 Å². The molecule has 3 rings (SSSR count). The van der Waals surface area contributed by atoms with Gasteiger partial charge in [0.15, 0.2) is 5.82 Å². The lowest BCUT2D eigenvalue weighted by molar-refractivity contribution is -0.207. The fraction of sp³-hybridized carbons (Fsp3) is 0.900. The molecule has 3 heterocycles. The van der Waals surface area contributed by atoms with E-state index in [4.69, 9.17) is 14.9 Å². The van der Waals surface area contributed by atoms with Crippen LogP contribution in [0.1, 0.15) is 48.5 Å². The van der Waals surface area contributed by atoms with Gasteiger partial charge in [0.25, 0.3) is 0 Å². The number of hydroxylamine groups is 2. The van der Waals surface area contributed by atoms with Crippen LogP contribution < -0.4 is 10.2 Å². The zero-order valence-corrected chi connectivity index (χ0v) is 20.4. The lowest BCUT2D eigenvalue weighted by atomic mass is 9.88. The molecule has 0 radical (unpaired) electrons. The van der Waals surface area contributed by atoms with Crippen molar-refractivity contribution in [2.24, 2.45) is 0 Å². The first-order valence-corrected chi connectivity index (χ1v) is 11.3. The van der Waals surface area contributed by atoms with Crippen LogP contribution >= 0.6 is 11.7 Å². The summed E-state index contributed by atoms with van der Waals surface area (Å²) in [5.74, 6) is 0.774. The van der Waals surface area contributed by atoms with Gasteiger partial charge in [-0.15, -0.1) is 0 Å². The molecule has 0 spiro atoms. The summed E-state index contributed by atoms with van der Waals surface area (Å²) in [6.45, 7) is 14.7. The van der Waals surface area contributed by atoms with E-state index in [9.17, 15) is 10.3 Å². The fourth-order valence-corrected chi connectivity index (χ4v) is 4.65. The summed E-state index contributed by atoms with van der Waals surface area (Å²) in [5, 5.41) is 41.9. The molecule has 10 nitrogen and oxygen atoms in total. The molecule has 1 aromatic heterocycles. The molecule has 180 valence electrons. The predicted octanol–water partition coefficient (Wildman–Crippen LogP) is 0.463. The predicted molar refractivity (Wildman–Crippen MR) is 119 cm³/mol. The smallest absolute Gasteiger partial charge is 0.163 e. The van der Waals surface area contributed by atoms with Crippen molar-refractivity contribution in [3.8, 4) is 0 Å². The van der Waals surface area contributed by atoms with Crippen LogP contribution in [0.3, 0.4) is 0 Å². The minimum Gasteiger partial charge on any atom is -0.394 e. The fourth-order valence-electron chi connectivity index (χ4n) is 4.23. The number of morpholine rings is 1. The van der Waals surface area contributed by atoms with Gasteiger partial charge in [0.05, 0.1) is 60.5 Å². The zero-order chi connectivity index (χ0) is 23.6. The molecule has 11 heteroatoms. The van der Waals surface area contributed by atoms with E-state index in [0.29, 0.717) is 13.1 Å². The number of anilines is 1. The molecule has 2 saturated heterocycles. The number of rotatable bonds is 5. The summed E-state index contributed by atoms with van der Waals surface area (Å²) in [6.07, 6.45) is 0.559. The number of aliphatic hydroxyl groups excluding tert-OH is 3. The van der Waals surface area contributed by atoms with E-state index in [0.717, 1.165) is 17.5 Å². The number of aliphatic hydroxyl groups is 3. The van der Waals surface area contributed by atoms with Crippen molar-refractivity contribution < 1.29 is 25.3 Å². The Morgan fingerprint density at radius 3 is 2.39 bits per heavy atom. The molecule has 0 amide bonds. The summed E-state index contributed by atoms with van der Waals surface area (Å²) in [7, 11) is 0. The molecule has 4 atom stereocenters. The number of β-amino-alcohol motifs (C(OH)–C–C–N with tert-alkyl or cyclic N) is 1. The highest BCUT2D eigenvalue weighted by Gasteiger charge is 2.63. The molecule has 2 aliphatic heterocycles. The van der Waals surface area contributed by atoms with Gasteiger partial charge in [-0.25, -0.2) is 0 Å².